The first-order valence-electron chi connectivity index (χ1n) is 12.9. The number of unbranched alkanes of at least 4 members (excludes halogenated alkanes) is 12. The van der Waals surface area contributed by atoms with Crippen molar-refractivity contribution in [2.24, 2.45) is 0 Å². The van der Waals surface area contributed by atoms with Gasteiger partial charge >= 0.3 is 5.97 Å². The lowest BCUT2D eigenvalue weighted by Gasteiger charge is -2.27. The summed E-state index contributed by atoms with van der Waals surface area (Å²) in [7, 11) is 0. The van der Waals surface area contributed by atoms with E-state index in [-0.39, 0.29) is 16.6 Å². The van der Waals surface area contributed by atoms with Crippen LogP contribution < -0.4 is 16.0 Å². The number of benzene rings is 1. The van der Waals surface area contributed by atoms with Gasteiger partial charge in [-0.3, -0.25) is 4.79 Å². The van der Waals surface area contributed by atoms with Crippen molar-refractivity contribution in [3.8, 4) is 0 Å². The molecule has 0 saturated carbocycles. The SMILES string of the molecule is CCCCCCCCCCCCCCCC(=O)NC(NC(=S)Nc1cccc(C(=O)O)c1)C(Cl)(Cl)Cl. The molecular weight excluding hydrogens is 541 g/mol. The summed E-state index contributed by atoms with van der Waals surface area (Å²) in [6, 6.07) is 6.12. The Bertz CT molecular complexity index is 806. The number of alkyl halides is 3. The maximum absolute atomic E-state index is 12.4. The highest BCUT2D eigenvalue weighted by Crippen LogP contribution is 2.29. The lowest BCUT2D eigenvalue weighted by Crippen LogP contribution is -2.56. The second-order valence-corrected chi connectivity index (χ2v) is 11.8. The number of carbonyl (C=O) groups excluding carboxylic acids is 1. The van der Waals surface area contributed by atoms with Crippen molar-refractivity contribution >= 4 is 69.7 Å². The van der Waals surface area contributed by atoms with E-state index in [0.29, 0.717) is 12.1 Å². The predicted octanol–water partition coefficient (Wildman–Crippen LogP) is 7.97. The quantitative estimate of drug-likeness (QED) is 0.0609. The van der Waals surface area contributed by atoms with E-state index in [1.165, 1.54) is 76.3 Å². The molecule has 1 rings (SSSR count). The minimum Gasteiger partial charge on any atom is -0.478 e. The minimum atomic E-state index is -1.85. The van der Waals surface area contributed by atoms with E-state index < -0.39 is 15.9 Å². The first-order valence-corrected chi connectivity index (χ1v) is 14.4. The summed E-state index contributed by atoms with van der Waals surface area (Å²) in [5, 5.41) is 17.5. The molecule has 0 saturated heterocycles. The second-order valence-electron chi connectivity index (χ2n) is 9.02. The Morgan fingerprint density at radius 3 is 1.92 bits per heavy atom. The maximum Gasteiger partial charge on any atom is 0.335 e. The summed E-state index contributed by atoms with van der Waals surface area (Å²) in [6.07, 6.45) is 15.3. The van der Waals surface area contributed by atoms with Gasteiger partial charge in [0.1, 0.15) is 6.17 Å². The number of halogens is 3. The number of thiocarbonyl (C=S) groups is 1. The number of rotatable bonds is 18. The van der Waals surface area contributed by atoms with Crippen molar-refractivity contribution < 1.29 is 14.7 Å². The van der Waals surface area contributed by atoms with Gasteiger partial charge in [0.25, 0.3) is 0 Å². The number of aromatic carboxylic acids is 1. The Morgan fingerprint density at radius 2 is 1.42 bits per heavy atom. The average Bonchev–Trinajstić information content (AvgIpc) is 2.81. The van der Waals surface area contributed by atoms with E-state index in [9.17, 15) is 9.59 Å². The Balaban J connectivity index is 2.26. The fourth-order valence-electron chi connectivity index (χ4n) is 3.76. The summed E-state index contributed by atoms with van der Waals surface area (Å²) in [6.45, 7) is 2.24. The Hall–Kier alpha value is -1.28. The number of carboxylic acids is 1. The van der Waals surface area contributed by atoms with Crippen molar-refractivity contribution in [2.45, 2.75) is 107 Å². The molecule has 1 atom stereocenters. The van der Waals surface area contributed by atoms with Crippen molar-refractivity contribution in [1.29, 1.82) is 0 Å². The molecule has 0 radical (unpaired) electrons. The molecule has 1 unspecified atom stereocenters. The standard InChI is InChI=1S/C26H40Cl3N3O3S/c1-2-3-4-5-6-7-8-9-10-11-12-13-14-18-22(33)31-24(26(27,28)29)32-25(36)30-21-17-15-16-20(19-21)23(34)35/h15-17,19,24H,2-14,18H2,1H3,(H,31,33)(H,34,35)(H2,30,32,36). The summed E-state index contributed by atoms with van der Waals surface area (Å²) in [5.41, 5.74) is 0.556. The van der Waals surface area contributed by atoms with Crippen LogP contribution in [0.2, 0.25) is 0 Å². The van der Waals surface area contributed by atoms with E-state index in [2.05, 4.69) is 22.9 Å². The van der Waals surface area contributed by atoms with Gasteiger partial charge in [-0.05, 0) is 36.8 Å². The topological polar surface area (TPSA) is 90.5 Å². The highest BCUT2D eigenvalue weighted by molar-refractivity contribution is 7.80. The first kappa shape index (κ1) is 32.7. The number of hydrogen-bond donors (Lipinski definition) is 4. The van der Waals surface area contributed by atoms with Gasteiger partial charge in [0.05, 0.1) is 5.56 Å². The molecule has 6 nitrogen and oxygen atoms in total. The van der Waals surface area contributed by atoms with E-state index in [1.807, 2.05) is 0 Å². The van der Waals surface area contributed by atoms with Gasteiger partial charge in [-0.25, -0.2) is 4.79 Å². The zero-order valence-electron chi connectivity index (χ0n) is 21.1. The third-order valence-electron chi connectivity index (χ3n) is 5.78. The number of carboxylic acid groups (broad SMARTS) is 1. The van der Waals surface area contributed by atoms with Gasteiger partial charge in [0, 0.05) is 12.1 Å². The summed E-state index contributed by atoms with van der Waals surface area (Å²) < 4.78 is -1.85. The van der Waals surface area contributed by atoms with E-state index >= 15 is 0 Å². The molecule has 204 valence electrons. The molecule has 0 aliphatic rings. The second kappa shape index (κ2) is 18.9. The number of nitrogens with one attached hydrogen (secondary N) is 3. The molecule has 0 aromatic heterocycles. The molecule has 1 aromatic rings. The third-order valence-corrected chi connectivity index (χ3v) is 6.66. The molecule has 0 heterocycles. The highest BCUT2D eigenvalue weighted by Gasteiger charge is 2.34. The molecule has 4 N–H and O–H groups in total. The van der Waals surface area contributed by atoms with E-state index in [0.717, 1.165) is 19.3 Å². The summed E-state index contributed by atoms with van der Waals surface area (Å²) >= 11 is 23.3. The van der Waals surface area contributed by atoms with Crippen LogP contribution in [0.25, 0.3) is 0 Å². The van der Waals surface area contributed by atoms with Crippen molar-refractivity contribution in [2.75, 3.05) is 5.32 Å². The number of hydrogen-bond acceptors (Lipinski definition) is 3. The normalized spacial score (nSPS) is 12.1. The molecule has 0 aliphatic heterocycles. The van der Waals surface area contributed by atoms with Crippen molar-refractivity contribution in [3.05, 3.63) is 29.8 Å². The molecule has 10 heteroatoms. The van der Waals surface area contributed by atoms with Crippen LogP contribution in [0.4, 0.5) is 5.69 Å². The van der Waals surface area contributed by atoms with Crippen LogP contribution in [0.3, 0.4) is 0 Å². The zero-order chi connectivity index (χ0) is 26.8. The van der Waals surface area contributed by atoms with Gasteiger partial charge in [0.15, 0.2) is 5.11 Å². The maximum atomic E-state index is 12.4. The molecule has 0 bridgehead atoms. The van der Waals surface area contributed by atoms with Crippen molar-refractivity contribution in [1.82, 2.24) is 10.6 Å². The monoisotopic (exact) mass is 579 g/mol. The fraction of sp³-hybridized carbons (Fsp3) is 0.654. The summed E-state index contributed by atoms with van der Waals surface area (Å²) in [5.74, 6) is -1.30. The van der Waals surface area contributed by atoms with Gasteiger partial charge in [-0.2, -0.15) is 0 Å². The molecule has 0 aliphatic carbocycles. The third kappa shape index (κ3) is 15.7. The van der Waals surface area contributed by atoms with Crippen LogP contribution in [-0.4, -0.2) is 32.1 Å². The number of anilines is 1. The molecular formula is C26H40Cl3N3O3S. The van der Waals surface area contributed by atoms with Crippen LogP contribution in [0.5, 0.6) is 0 Å². The van der Waals surface area contributed by atoms with Gasteiger partial charge in [-0.15, -0.1) is 0 Å². The largest absolute Gasteiger partial charge is 0.478 e. The molecule has 0 spiro atoms. The van der Waals surface area contributed by atoms with Gasteiger partial charge in [0.2, 0.25) is 9.70 Å². The zero-order valence-corrected chi connectivity index (χ0v) is 24.2. The van der Waals surface area contributed by atoms with E-state index in [4.69, 9.17) is 52.1 Å². The van der Waals surface area contributed by atoms with Gasteiger partial charge in [-0.1, -0.05) is 125 Å². The number of amides is 1. The lowest BCUT2D eigenvalue weighted by molar-refractivity contribution is -0.122. The Kier molecular flexibility index (Phi) is 17.2. The summed E-state index contributed by atoms with van der Waals surface area (Å²) in [4.78, 5) is 23.5. The minimum absolute atomic E-state index is 0.0788. The molecule has 0 fully saturated rings. The predicted molar refractivity (Wildman–Crippen MR) is 155 cm³/mol. The van der Waals surface area contributed by atoms with Crippen molar-refractivity contribution in [3.63, 3.8) is 0 Å². The van der Waals surface area contributed by atoms with Crippen LogP contribution in [-0.2, 0) is 4.79 Å². The van der Waals surface area contributed by atoms with E-state index in [1.54, 1.807) is 12.1 Å². The van der Waals surface area contributed by atoms with Crippen LogP contribution in [0.1, 0.15) is 107 Å². The molecule has 36 heavy (non-hydrogen) atoms. The Labute approximate surface area is 236 Å². The van der Waals surface area contributed by atoms with Crippen LogP contribution >= 0.6 is 47.0 Å². The molecule has 1 aromatic carbocycles. The lowest BCUT2D eigenvalue weighted by atomic mass is 10.0. The number of carbonyl (C=O) groups is 2. The van der Waals surface area contributed by atoms with Gasteiger partial charge < -0.3 is 21.1 Å². The average molecular weight is 581 g/mol. The van der Waals surface area contributed by atoms with Crippen LogP contribution in [0, 0.1) is 0 Å². The first-order chi connectivity index (χ1) is 17.1. The fourth-order valence-corrected chi connectivity index (χ4v) is 4.33. The Morgan fingerprint density at radius 1 is 0.889 bits per heavy atom. The van der Waals surface area contributed by atoms with Crippen LogP contribution in [0.15, 0.2) is 24.3 Å². The smallest absolute Gasteiger partial charge is 0.335 e. The molecule has 1 amide bonds. The highest BCUT2D eigenvalue weighted by atomic mass is 35.6.